The smallest absolute Gasteiger partial charge is 0.261 e. The molecule has 0 bridgehead atoms. The predicted molar refractivity (Wildman–Crippen MR) is 76.9 cm³/mol. The van der Waals surface area contributed by atoms with E-state index in [-0.39, 0.29) is 4.90 Å². The van der Waals surface area contributed by atoms with Crippen molar-refractivity contribution in [2.24, 2.45) is 0 Å². The quantitative estimate of drug-likeness (QED) is 0.872. The number of sulfonamides is 1. The average Bonchev–Trinajstić information content (AvgIpc) is 2.29. The molecule has 0 saturated heterocycles. The van der Waals surface area contributed by atoms with Crippen LogP contribution in [0.1, 0.15) is 0 Å². The molecule has 2 aromatic rings. The Morgan fingerprint density at radius 1 is 1.00 bits per heavy atom. The van der Waals surface area contributed by atoms with Crippen LogP contribution in [0.4, 0.5) is 5.69 Å². The Labute approximate surface area is 122 Å². The van der Waals surface area contributed by atoms with Gasteiger partial charge in [-0.2, -0.15) is 0 Å². The van der Waals surface area contributed by atoms with Gasteiger partial charge in [-0.1, -0.05) is 15.9 Å². The van der Waals surface area contributed by atoms with Gasteiger partial charge < -0.3 is 0 Å². The Bertz CT molecular complexity index is 657. The van der Waals surface area contributed by atoms with E-state index in [9.17, 15) is 8.42 Å². The van der Waals surface area contributed by atoms with Crippen LogP contribution < -0.4 is 4.72 Å². The number of aromatic nitrogens is 1. The zero-order valence-corrected chi connectivity index (χ0v) is 13.0. The fourth-order valence-corrected chi connectivity index (χ4v) is 2.96. The minimum Gasteiger partial charge on any atom is -0.278 e. The molecule has 94 valence electrons. The number of benzene rings is 1. The zero-order valence-electron chi connectivity index (χ0n) is 8.97. The van der Waals surface area contributed by atoms with Crippen molar-refractivity contribution < 1.29 is 8.42 Å². The minimum atomic E-state index is -3.58. The number of pyridine rings is 1. The molecule has 0 aliphatic heterocycles. The molecule has 0 atom stereocenters. The molecular formula is C11H8Br2N2O2S. The SMILES string of the molecule is O=S(=O)(Nc1cncc(Br)c1)c1ccc(Br)cc1. The normalized spacial score (nSPS) is 11.2. The summed E-state index contributed by atoms with van der Waals surface area (Å²) in [5, 5.41) is 0. The molecule has 0 saturated carbocycles. The molecule has 1 aromatic heterocycles. The molecule has 0 aliphatic rings. The van der Waals surface area contributed by atoms with Gasteiger partial charge in [0, 0.05) is 15.1 Å². The highest BCUT2D eigenvalue weighted by molar-refractivity contribution is 9.10. The Balaban J connectivity index is 2.30. The highest BCUT2D eigenvalue weighted by atomic mass is 79.9. The Kier molecular flexibility index (Phi) is 4.04. The van der Waals surface area contributed by atoms with E-state index in [4.69, 9.17) is 0 Å². The van der Waals surface area contributed by atoms with Crippen molar-refractivity contribution >= 4 is 47.6 Å². The molecule has 1 heterocycles. The molecule has 7 heteroatoms. The standard InChI is InChI=1S/C11H8Br2N2O2S/c12-8-1-3-11(4-2-8)18(16,17)15-10-5-9(13)6-14-7-10/h1-7,15H. The summed E-state index contributed by atoms with van der Waals surface area (Å²) >= 11 is 6.49. The van der Waals surface area contributed by atoms with E-state index < -0.39 is 10.0 Å². The monoisotopic (exact) mass is 390 g/mol. The van der Waals surface area contributed by atoms with Crippen LogP contribution in [-0.2, 0) is 10.0 Å². The molecule has 1 N–H and O–H groups in total. The number of rotatable bonds is 3. The summed E-state index contributed by atoms with van der Waals surface area (Å²) in [6, 6.07) is 8.04. The van der Waals surface area contributed by atoms with Crippen LogP contribution in [0.3, 0.4) is 0 Å². The molecule has 0 unspecified atom stereocenters. The lowest BCUT2D eigenvalue weighted by molar-refractivity contribution is 0.601. The molecule has 2 rings (SSSR count). The van der Waals surface area contributed by atoms with E-state index in [1.807, 2.05) is 0 Å². The van der Waals surface area contributed by atoms with Crippen molar-refractivity contribution in [1.82, 2.24) is 4.98 Å². The summed E-state index contributed by atoms with van der Waals surface area (Å²) < 4.78 is 28.1. The molecule has 4 nitrogen and oxygen atoms in total. The number of halogens is 2. The second kappa shape index (κ2) is 5.38. The van der Waals surface area contributed by atoms with Crippen LogP contribution in [-0.4, -0.2) is 13.4 Å². The Morgan fingerprint density at radius 3 is 2.28 bits per heavy atom. The number of anilines is 1. The minimum absolute atomic E-state index is 0.200. The molecule has 0 spiro atoms. The van der Waals surface area contributed by atoms with Crippen LogP contribution in [0.15, 0.2) is 56.6 Å². The summed E-state index contributed by atoms with van der Waals surface area (Å²) in [4.78, 5) is 4.09. The lowest BCUT2D eigenvalue weighted by Crippen LogP contribution is -2.12. The largest absolute Gasteiger partial charge is 0.278 e. The van der Waals surface area contributed by atoms with Crippen LogP contribution in [0.2, 0.25) is 0 Å². The van der Waals surface area contributed by atoms with Gasteiger partial charge in [-0.05, 0) is 46.3 Å². The Morgan fingerprint density at radius 2 is 1.67 bits per heavy atom. The van der Waals surface area contributed by atoms with Crippen molar-refractivity contribution in [2.45, 2.75) is 4.90 Å². The molecule has 1 aromatic carbocycles. The van der Waals surface area contributed by atoms with Gasteiger partial charge in [-0.25, -0.2) is 8.42 Å². The predicted octanol–water partition coefficient (Wildman–Crippen LogP) is 3.41. The number of hydrogen-bond donors (Lipinski definition) is 1. The van der Waals surface area contributed by atoms with E-state index in [0.717, 1.165) is 4.47 Å². The van der Waals surface area contributed by atoms with Crippen LogP contribution >= 0.6 is 31.9 Å². The van der Waals surface area contributed by atoms with Gasteiger partial charge in [0.05, 0.1) is 16.8 Å². The molecule has 0 amide bonds. The van der Waals surface area contributed by atoms with E-state index in [1.165, 1.54) is 18.3 Å². The third-order valence-electron chi connectivity index (χ3n) is 2.08. The van der Waals surface area contributed by atoms with Gasteiger partial charge in [-0.3, -0.25) is 9.71 Å². The van der Waals surface area contributed by atoms with Crippen LogP contribution in [0.25, 0.3) is 0 Å². The maximum Gasteiger partial charge on any atom is 0.261 e. The van der Waals surface area contributed by atoms with Crippen molar-refractivity contribution in [2.75, 3.05) is 4.72 Å². The molecular weight excluding hydrogens is 384 g/mol. The maximum atomic E-state index is 12.1. The van der Waals surface area contributed by atoms with Gasteiger partial charge in [0.25, 0.3) is 10.0 Å². The zero-order chi connectivity index (χ0) is 13.2. The lowest BCUT2D eigenvalue weighted by Gasteiger charge is -2.07. The van der Waals surface area contributed by atoms with Gasteiger partial charge in [0.1, 0.15) is 0 Å². The highest BCUT2D eigenvalue weighted by Crippen LogP contribution is 2.20. The van der Waals surface area contributed by atoms with Crippen LogP contribution in [0.5, 0.6) is 0 Å². The third kappa shape index (κ3) is 3.30. The second-order valence-corrected chi connectivity index (χ2v) is 6.97. The average molecular weight is 392 g/mol. The first-order chi connectivity index (χ1) is 8.47. The fourth-order valence-electron chi connectivity index (χ4n) is 1.30. The fraction of sp³-hybridized carbons (Fsp3) is 0. The summed E-state index contributed by atoms with van der Waals surface area (Å²) in [5.41, 5.74) is 0.410. The summed E-state index contributed by atoms with van der Waals surface area (Å²) in [7, 11) is -3.58. The molecule has 0 radical (unpaired) electrons. The van der Waals surface area contributed by atoms with E-state index in [2.05, 4.69) is 41.6 Å². The topological polar surface area (TPSA) is 59.1 Å². The maximum absolute atomic E-state index is 12.1. The van der Waals surface area contributed by atoms with E-state index in [1.54, 1.807) is 24.4 Å². The van der Waals surface area contributed by atoms with Crippen molar-refractivity contribution in [3.63, 3.8) is 0 Å². The first kappa shape index (κ1) is 13.5. The van der Waals surface area contributed by atoms with E-state index in [0.29, 0.717) is 10.2 Å². The van der Waals surface area contributed by atoms with Gasteiger partial charge >= 0.3 is 0 Å². The number of nitrogens with zero attached hydrogens (tertiary/aromatic N) is 1. The third-order valence-corrected chi connectivity index (χ3v) is 4.44. The highest BCUT2D eigenvalue weighted by Gasteiger charge is 2.13. The number of nitrogens with one attached hydrogen (secondary N) is 1. The van der Waals surface area contributed by atoms with Gasteiger partial charge in [-0.15, -0.1) is 0 Å². The number of hydrogen-bond acceptors (Lipinski definition) is 3. The Hall–Kier alpha value is -0.920. The molecule has 0 aliphatic carbocycles. The lowest BCUT2D eigenvalue weighted by atomic mass is 10.4. The molecule has 18 heavy (non-hydrogen) atoms. The van der Waals surface area contributed by atoms with Gasteiger partial charge in [0.15, 0.2) is 0 Å². The summed E-state index contributed by atoms with van der Waals surface area (Å²) in [6.07, 6.45) is 3.03. The van der Waals surface area contributed by atoms with Gasteiger partial charge in [0.2, 0.25) is 0 Å². The summed E-state index contributed by atoms with van der Waals surface area (Å²) in [5.74, 6) is 0. The summed E-state index contributed by atoms with van der Waals surface area (Å²) in [6.45, 7) is 0. The van der Waals surface area contributed by atoms with Crippen LogP contribution in [0, 0.1) is 0 Å². The molecule has 0 fully saturated rings. The first-order valence-corrected chi connectivity index (χ1v) is 7.93. The van der Waals surface area contributed by atoms with E-state index >= 15 is 0 Å². The second-order valence-electron chi connectivity index (χ2n) is 3.45. The van der Waals surface area contributed by atoms with Crippen molar-refractivity contribution in [1.29, 1.82) is 0 Å². The van der Waals surface area contributed by atoms with Crippen molar-refractivity contribution in [3.8, 4) is 0 Å². The first-order valence-electron chi connectivity index (χ1n) is 4.86. The van der Waals surface area contributed by atoms with Crippen molar-refractivity contribution in [3.05, 3.63) is 51.7 Å².